The van der Waals surface area contributed by atoms with Crippen molar-refractivity contribution in [2.24, 2.45) is 0 Å². The van der Waals surface area contributed by atoms with E-state index in [0.29, 0.717) is 6.54 Å². The number of hydrogen-bond acceptors (Lipinski definition) is 2. The van der Waals surface area contributed by atoms with Crippen LogP contribution in [0.5, 0.6) is 0 Å². The van der Waals surface area contributed by atoms with Gasteiger partial charge in [0, 0.05) is 10.1 Å². The lowest BCUT2D eigenvalue weighted by Gasteiger charge is -2.17. The maximum absolute atomic E-state index is 11.5. The molecule has 1 aromatic rings. The van der Waals surface area contributed by atoms with E-state index in [0.717, 1.165) is 21.2 Å². The fourth-order valence-electron chi connectivity index (χ4n) is 1.71. The molecule has 5 heteroatoms. The van der Waals surface area contributed by atoms with Gasteiger partial charge in [0.2, 0.25) is 10.0 Å². The van der Waals surface area contributed by atoms with Gasteiger partial charge < -0.3 is 0 Å². The van der Waals surface area contributed by atoms with Crippen LogP contribution in [0.15, 0.2) is 18.2 Å². The van der Waals surface area contributed by atoms with Crippen molar-refractivity contribution >= 4 is 38.3 Å². The minimum Gasteiger partial charge on any atom is -0.269 e. The molecule has 14 heavy (non-hydrogen) atoms. The molecular formula is C9H10INO2S. The van der Waals surface area contributed by atoms with Gasteiger partial charge in [-0.1, -0.05) is 12.1 Å². The molecule has 0 atom stereocenters. The number of benzene rings is 1. The lowest BCUT2D eigenvalue weighted by atomic mass is 10.2. The van der Waals surface area contributed by atoms with Crippen LogP contribution in [0.4, 0.5) is 5.69 Å². The number of anilines is 1. The van der Waals surface area contributed by atoms with Crippen LogP contribution in [0.25, 0.3) is 0 Å². The zero-order valence-corrected chi connectivity index (χ0v) is 10.7. The van der Waals surface area contributed by atoms with Crippen LogP contribution in [-0.2, 0) is 16.4 Å². The Kier molecular flexibility index (Phi) is 2.46. The normalized spacial score (nSPS) is 15.7. The van der Waals surface area contributed by atoms with Crippen molar-refractivity contribution in [3.8, 4) is 0 Å². The molecule has 3 nitrogen and oxygen atoms in total. The molecule has 0 unspecified atom stereocenters. The zero-order valence-electron chi connectivity index (χ0n) is 7.70. The standard InChI is InChI=1S/C9H10INO2S/c1-14(12,13)11-6-5-7-3-2-4-8(10)9(7)11/h2-4H,5-6H2,1H3. The highest BCUT2D eigenvalue weighted by Crippen LogP contribution is 2.34. The second kappa shape index (κ2) is 3.37. The van der Waals surface area contributed by atoms with Crippen LogP contribution >= 0.6 is 22.6 Å². The van der Waals surface area contributed by atoms with E-state index in [2.05, 4.69) is 22.6 Å². The average Bonchev–Trinajstić information content (AvgIpc) is 2.47. The first-order valence-electron chi connectivity index (χ1n) is 4.25. The number of para-hydroxylation sites is 1. The van der Waals surface area contributed by atoms with Gasteiger partial charge in [-0.2, -0.15) is 0 Å². The molecule has 0 bridgehead atoms. The van der Waals surface area contributed by atoms with Gasteiger partial charge in [0.1, 0.15) is 0 Å². The summed E-state index contributed by atoms with van der Waals surface area (Å²) < 4.78 is 25.4. The summed E-state index contributed by atoms with van der Waals surface area (Å²) in [5, 5.41) is 0. The maximum atomic E-state index is 11.5. The van der Waals surface area contributed by atoms with Crippen LogP contribution in [0.3, 0.4) is 0 Å². The Balaban J connectivity index is 2.59. The molecule has 0 aromatic heterocycles. The lowest BCUT2D eigenvalue weighted by molar-refractivity contribution is 0.598. The van der Waals surface area contributed by atoms with E-state index in [1.54, 1.807) is 0 Å². The van der Waals surface area contributed by atoms with E-state index in [4.69, 9.17) is 0 Å². The van der Waals surface area contributed by atoms with Crippen LogP contribution in [0.2, 0.25) is 0 Å². The van der Waals surface area contributed by atoms with Gasteiger partial charge in [-0.05, 0) is 40.6 Å². The largest absolute Gasteiger partial charge is 0.269 e. The number of hydrogen-bond donors (Lipinski definition) is 0. The minimum absolute atomic E-state index is 0.578. The Hall–Kier alpha value is -0.300. The Bertz CT molecular complexity index is 470. The molecule has 1 aromatic carbocycles. The van der Waals surface area contributed by atoms with Gasteiger partial charge in [0.15, 0.2) is 0 Å². The monoisotopic (exact) mass is 323 g/mol. The van der Waals surface area contributed by atoms with Gasteiger partial charge in [-0.25, -0.2) is 8.42 Å². The average molecular weight is 323 g/mol. The summed E-state index contributed by atoms with van der Waals surface area (Å²) in [5.74, 6) is 0. The summed E-state index contributed by atoms with van der Waals surface area (Å²) in [6, 6.07) is 5.89. The molecule has 76 valence electrons. The van der Waals surface area contributed by atoms with Crippen molar-refractivity contribution in [1.29, 1.82) is 0 Å². The molecule has 0 spiro atoms. The molecule has 0 amide bonds. The first-order valence-corrected chi connectivity index (χ1v) is 7.18. The van der Waals surface area contributed by atoms with E-state index in [1.807, 2.05) is 18.2 Å². The van der Waals surface area contributed by atoms with E-state index >= 15 is 0 Å². The highest BCUT2D eigenvalue weighted by atomic mass is 127. The number of rotatable bonds is 1. The summed E-state index contributed by atoms with van der Waals surface area (Å²) in [6.07, 6.45) is 2.07. The third-order valence-corrected chi connectivity index (χ3v) is 4.34. The SMILES string of the molecule is CS(=O)(=O)N1CCc2cccc(I)c21. The summed E-state index contributed by atoms with van der Waals surface area (Å²) >= 11 is 2.18. The highest BCUT2D eigenvalue weighted by molar-refractivity contribution is 14.1. The van der Waals surface area contributed by atoms with Gasteiger partial charge in [0.25, 0.3) is 0 Å². The van der Waals surface area contributed by atoms with E-state index in [-0.39, 0.29) is 0 Å². The number of halogens is 1. The Morgan fingerprint density at radius 2 is 2.14 bits per heavy atom. The molecule has 0 fully saturated rings. The topological polar surface area (TPSA) is 37.4 Å². The van der Waals surface area contributed by atoms with Gasteiger partial charge in [-0.3, -0.25) is 4.31 Å². The summed E-state index contributed by atoms with van der Waals surface area (Å²) in [6.45, 7) is 0.578. The van der Waals surface area contributed by atoms with Crippen LogP contribution in [-0.4, -0.2) is 21.2 Å². The van der Waals surface area contributed by atoms with Crippen molar-refractivity contribution in [2.45, 2.75) is 6.42 Å². The maximum Gasteiger partial charge on any atom is 0.232 e. The molecule has 0 saturated heterocycles. The smallest absolute Gasteiger partial charge is 0.232 e. The van der Waals surface area contributed by atoms with Crippen molar-refractivity contribution < 1.29 is 8.42 Å². The molecule has 1 heterocycles. The number of fused-ring (bicyclic) bond motifs is 1. The third kappa shape index (κ3) is 1.63. The molecule has 1 aliphatic rings. The Morgan fingerprint density at radius 3 is 2.79 bits per heavy atom. The fourth-order valence-corrected chi connectivity index (χ4v) is 3.69. The molecule has 1 aliphatic heterocycles. The molecule has 0 N–H and O–H groups in total. The summed E-state index contributed by atoms with van der Waals surface area (Å²) in [7, 11) is -3.11. The van der Waals surface area contributed by atoms with E-state index in [1.165, 1.54) is 10.6 Å². The second-order valence-corrected chi connectivity index (χ2v) is 6.40. The predicted octanol–water partition coefficient (Wildman–Crippen LogP) is 1.61. The Labute approximate surface area is 97.3 Å². The van der Waals surface area contributed by atoms with Crippen molar-refractivity contribution in [3.63, 3.8) is 0 Å². The molecule has 0 radical (unpaired) electrons. The van der Waals surface area contributed by atoms with Crippen molar-refractivity contribution in [3.05, 3.63) is 27.3 Å². The number of sulfonamides is 1. The number of nitrogens with zero attached hydrogens (tertiary/aromatic N) is 1. The molecule has 0 saturated carbocycles. The van der Waals surface area contributed by atoms with Gasteiger partial charge >= 0.3 is 0 Å². The molecular weight excluding hydrogens is 313 g/mol. The van der Waals surface area contributed by atoms with Crippen LogP contribution in [0, 0.1) is 3.57 Å². The third-order valence-electron chi connectivity index (χ3n) is 2.30. The minimum atomic E-state index is -3.11. The van der Waals surface area contributed by atoms with Gasteiger partial charge in [0.05, 0.1) is 11.9 Å². The quantitative estimate of drug-likeness (QED) is 0.737. The Morgan fingerprint density at radius 1 is 1.43 bits per heavy atom. The summed E-state index contributed by atoms with van der Waals surface area (Å²) in [4.78, 5) is 0. The van der Waals surface area contributed by atoms with Crippen molar-refractivity contribution in [1.82, 2.24) is 0 Å². The van der Waals surface area contributed by atoms with Crippen LogP contribution in [0.1, 0.15) is 5.56 Å². The fraction of sp³-hybridized carbons (Fsp3) is 0.333. The zero-order chi connectivity index (χ0) is 10.3. The van der Waals surface area contributed by atoms with Crippen molar-refractivity contribution in [2.75, 3.05) is 17.1 Å². The summed E-state index contributed by atoms with van der Waals surface area (Å²) in [5.41, 5.74) is 2.00. The highest BCUT2D eigenvalue weighted by Gasteiger charge is 2.27. The van der Waals surface area contributed by atoms with Crippen LogP contribution < -0.4 is 4.31 Å². The first kappa shape index (κ1) is 10.2. The van der Waals surface area contributed by atoms with Gasteiger partial charge in [-0.15, -0.1) is 0 Å². The molecule has 2 rings (SSSR count). The first-order chi connectivity index (χ1) is 6.50. The van der Waals surface area contributed by atoms with E-state index < -0.39 is 10.0 Å². The lowest BCUT2D eigenvalue weighted by Crippen LogP contribution is -2.28. The second-order valence-electron chi connectivity index (χ2n) is 3.33. The van der Waals surface area contributed by atoms with E-state index in [9.17, 15) is 8.42 Å². The molecule has 0 aliphatic carbocycles. The predicted molar refractivity (Wildman–Crippen MR) is 65.1 cm³/mol.